The number of hydrogen-bond acceptors (Lipinski definition) is 2. The van der Waals surface area contributed by atoms with Crippen LogP contribution >= 0.6 is 15.9 Å². The maximum absolute atomic E-state index is 10.5. The van der Waals surface area contributed by atoms with Crippen molar-refractivity contribution in [3.63, 3.8) is 0 Å². The summed E-state index contributed by atoms with van der Waals surface area (Å²) in [6.07, 6.45) is 1.55. The summed E-state index contributed by atoms with van der Waals surface area (Å²) in [4.78, 5) is 10.5. The highest BCUT2D eigenvalue weighted by Gasteiger charge is 2.15. The van der Waals surface area contributed by atoms with Gasteiger partial charge in [0.25, 0.3) is 0 Å². The zero-order valence-corrected chi connectivity index (χ0v) is 11.4. The number of carbonyl (C=O) groups is 1. The predicted octanol–water partition coefficient (Wildman–Crippen LogP) is 2.40. The first kappa shape index (κ1) is 13.2. The summed E-state index contributed by atoms with van der Waals surface area (Å²) < 4.78 is 2.73. The number of halogens is 1. The van der Waals surface area contributed by atoms with Crippen molar-refractivity contribution >= 4 is 21.9 Å². The molecule has 0 spiro atoms. The van der Waals surface area contributed by atoms with E-state index in [9.17, 15) is 4.79 Å². The standard InChI is InChI=1S/C11H17BrN2O2/c1-7(2)6-8-11(12)9(14(3)13-8)4-5-10(15)16/h7H,4-6H2,1-3H3,(H,15,16). The van der Waals surface area contributed by atoms with Gasteiger partial charge >= 0.3 is 5.97 Å². The van der Waals surface area contributed by atoms with Crippen LogP contribution in [0.4, 0.5) is 0 Å². The molecule has 0 amide bonds. The van der Waals surface area contributed by atoms with Crippen molar-refractivity contribution in [2.24, 2.45) is 13.0 Å². The SMILES string of the molecule is CC(C)Cc1nn(C)c(CCC(=O)O)c1Br. The van der Waals surface area contributed by atoms with Gasteiger partial charge in [0.2, 0.25) is 0 Å². The fraction of sp³-hybridized carbons (Fsp3) is 0.636. The Labute approximate surface area is 104 Å². The largest absolute Gasteiger partial charge is 0.481 e. The second-order valence-corrected chi connectivity index (χ2v) is 5.12. The second kappa shape index (κ2) is 5.48. The number of aryl methyl sites for hydroxylation is 1. The van der Waals surface area contributed by atoms with E-state index in [1.54, 1.807) is 4.68 Å². The molecule has 0 bridgehead atoms. The molecule has 0 aliphatic heterocycles. The fourth-order valence-corrected chi connectivity index (χ4v) is 2.30. The van der Waals surface area contributed by atoms with Crippen LogP contribution in [0, 0.1) is 5.92 Å². The zero-order valence-electron chi connectivity index (χ0n) is 9.83. The van der Waals surface area contributed by atoms with Crippen molar-refractivity contribution in [2.75, 3.05) is 0 Å². The summed E-state index contributed by atoms with van der Waals surface area (Å²) in [6, 6.07) is 0. The van der Waals surface area contributed by atoms with Gasteiger partial charge in [-0.3, -0.25) is 9.48 Å². The van der Waals surface area contributed by atoms with Gasteiger partial charge in [-0.05, 0) is 28.3 Å². The second-order valence-electron chi connectivity index (χ2n) is 4.32. The van der Waals surface area contributed by atoms with Crippen molar-refractivity contribution < 1.29 is 9.90 Å². The maximum atomic E-state index is 10.5. The van der Waals surface area contributed by atoms with Crippen LogP contribution < -0.4 is 0 Å². The molecule has 0 unspecified atom stereocenters. The molecule has 90 valence electrons. The lowest BCUT2D eigenvalue weighted by Gasteiger charge is -2.01. The van der Waals surface area contributed by atoms with Crippen molar-refractivity contribution in [3.05, 3.63) is 15.9 Å². The van der Waals surface area contributed by atoms with Crippen LogP contribution in [-0.2, 0) is 24.7 Å². The zero-order chi connectivity index (χ0) is 12.3. The summed E-state index contributed by atoms with van der Waals surface area (Å²) in [5.41, 5.74) is 1.97. The number of hydrogen-bond donors (Lipinski definition) is 1. The summed E-state index contributed by atoms with van der Waals surface area (Å²) in [7, 11) is 1.85. The third-order valence-corrected chi connectivity index (χ3v) is 3.26. The van der Waals surface area contributed by atoms with Gasteiger partial charge in [-0.15, -0.1) is 0 Å². The minimum absolute atomic E-state index is 0.138. The highest BCUT2D eigenvalue weighted by molar-refractivity contribution is 9.10. The normalized spacial score (nSPS) is 11.1. The molecule has 0 aliphatic carbocycles. The Kier molecular flexibility index (Phi) is 4.53. The Bertz CT molecular complexity index is 386. The smallest absolute Gasteiger partial charge is 0.303 e. The molecule has 0 saturated carbocycles. The van der Waals surface area contributed by atoms with Crippen molar-refractivity contribution in [3.8, 4) is 0 Å². The topological polar surface area (TPSA) is 55.1 Å². The van der Waals surface area contributed by atoms with E-state index >= 15 is 0 Å². The minimum atomic E-state index is -0.779. The van der Waals surface area contributed by atoms with E-state index in [0.717, 1.165) is 22.3 Å². The molecule has 0 aliphatic rings. The molecule has 1 aromatic heterocycles. The van der Waals surface area contributed by atoms with Crippen LogP contribution in [0.25, 0.3) is 0 Å². The fourth-order valence-electron chi connectivity index (χ4n) is 1.61. The molecule has 16 heavy (non-hydrogen) atoms. The molecule has 0 fully saturated rings. The van der Waals surface area contributed by atoms with Gasteiger partial charge in [0.15, 0.2) is 0 Å². The summed E-state index contributed by atoms with van der Waals surface area (Å²) in [6.45, 7) is 4.27. The number of aliphatic carboxylic acids is 1. The average molecular weight is 289 g/mol. The molecular formula is C11H17BrN2O2. The van der Waals surface area contributed by atoms with Crippen LogP contribution in [0.5, 0.6) is 0 Å². The maximum Gasteiger partial charge on any atom is 0.303 e. The van der Waals surface area contributed by atoms with Crippen molar-refractivity contribution in [1.82, 2.24) is 9.78 Å². The number of rotatable bonds is 5. The van der Waals surface area contributed by atoms with Crippen LogP contribution in [0.15, 0.2) is 4.47 Å². The van der Waals surface area contributed by atoms with Gasteiger partial charge in [-0.1, -0.05) is 13.8 Å². The first-order chi connectivity index (χ1) is 7.41. The highest BCUT2D eigenvalue weighted by atomic mass is 79.9. The van der Waals surface area contributed by atoms with Gasteiger partial charge in [0.1, 0.15) is 0 Å². The molecule has 0 radical (unpaired) electrons. The summed E-state index contributed by atoms with van der Waals surface area (Å²) >= 11 is 3.50. The lowest BCUT2D eigenvalue weighted by Crippen LogP contribution is -2.03. The number of aromatic nitrogens is 2. The molecule has 0 atom stereocenters. The van der Waals surface area contributed by atoms with Gasteiger partial charge in [0.05, 0.1) is 22.3 Å². The van der Waals surface area contributed by atoms with Crippen LogP contribution in [0.1, 0.15) is 31.7 Å². The Morgan fingerprint density at radius 3 is 2.69 bits per heavy atom. The Morgan fingerprint density at radius 2 is 2.19 bits per heavy atom. The van der Waals surface area contributed by atoms with E-state index in [1.807, 2.05) is 7.05 Å². The van der Waals surface area contributed by atoms with E-state index in [0.29, 0.717) is 12.3 Å². The van der Waals surface area contributed by atoms with E-state index in [4.69, 9.17) is 5.11 Å². The van der Waals surface area contributed by atoms with Crippen LogP contribution in [-0.4, -0.2) is 20.9 Å². The van der Waals surface area contributed by atoms with Gasteiger partial charge in [-0.2, -0.15) is 5.10 Å². The van der Waals surface area contributed by atoms with E-state index in [-0.39, 0.29) is 6.42 Å². The molecule has 0 saturated heterocycles. The van der Waals surface area contributed by atoms with Gasteiger partial charge in [-0.25, -0.2) is 0 Å². The molecule has 1 heterocycles. The van der Waals surface area contributed by atoms with E-state index in [2.05, 4.69) is 34.9 Å². The highest BCUT2D eigenvalue weighted by Crippen LogP contribution is 2.24. The molecule has 1 aromatic rings. The number of nitrogens with zero attached hydrogens (tertiary/aromatic N) is 2. The summed E-state index contributed by atoms with van der Waals surface area (Å²) in [5.74, 6) is -0.239. The molecule has 4 nitrogen and oxygen atoms in total. The van der Waals surface area contributed by atoms with Crippen LogP contribution in [0.2, 0.25) is 0 Å². The van der Waals surface area contributed by atoms with Gasteiger partial charge < -0.3 is 5.11 Å². The molecule has 1 N–H and O–H groups in total. The number of carboxylic acids is 1. The Morgan fingerprint density at radius 1 is 1.56 bits per heavy atom. The quantitative estimate of drug-likeness (QED) is 0.905. The molecule has 0 aromatic carbocycles. The predicted molar refractivity (Wildman–Crippen MR) is 65.4 cm³/mol. The lowest BCUT2D eigenvalue weighted by atomic mass is 10.1. The third-order valence-electron chi connectivity index (χ3n) is 2.35. The monoisotopic (exact) mass is 288 g/mol. The van der Waals surface area contributed by atoms with Crippen molar-refractivity contribution in [1.29, 1.82) is 0 Å². The number of carboxylic acid groups (broad SMARTS) is 1. The van der Waals surface area contributed by atoms with Crippen LogP contribution in [0.3, 0.4) is 0 Å². The first-order valence-corrected chi connectivity index (χ1v) is 6.13. The molecule has 1 rings (SSSR count). The lowest BCUT2D eigenvalue weighted by molar-refractivity contribution is -0.136. The van der Waals surface area contributed by atoms with Gasteiger partial charge in [0, 0.05) is 13.5 Å². The first-order valence-electron chi connectivity index (χ1n) is 5.33. The molecule has 5 heteroatoms. The van der Waals surface area contributed by atoms with E-state index in [1.165, 1.54) is 0 Å². The molecular weight excluding hydrogens is 272 g/mol. The van der Waals surface area contributed by atoms with Crippen molar-refractivity contribution in [2.45, 2.75) is 33.1 Å². The third kappa shape index (κ3) is 3.33. The summed E-state index contributed by atoms with van der Waals surface area (Å²) in [5, 5.41) is 13.1. The average Bonchev–Trinajstić information content (AvgIpc) is 2.39. The minimum Gasteiger partial charge on any atom is -0.481 e. The van der Waals surface area contributed by atoms with E-state index < -0.39 is 5.97 Å². The Balaban J connectivity index is 2.84. The Hall–Kier alpha value is -0.840.